The van der Waals surface area contributed by atoms with Gasteiger partial charge in [0.25, 0.3) is 0 Å². The summed E-state index contributed by atoms with van der Waals surface area (Å²) in [7, 11) is 4.25. The molecule has 1 aromatic rings. The summed E-state index contributed by atoms with van der Waals surface area (Å²) >= 11 is 0. The number of fused-ring (bicyclic) bond motifs is 2. The average Bonchev–Trinajstić information content (AvgIpc) is 2.99. The largest absolute Gasteiger partial charge is 0.344 e. The number of aliphatic imine (C=N–C) groups is 1. The molecule has 3 heteroatoms. The Morgan fingerprint density at radius 1 is 1.22 bits per heavy atom. The SMILES string of the molecule is CN=C1Cc2cc3c(cc2N1)[C@@]12CCCC[C@H]1[C@@H](C3)N(C)CC2. The van der Waals surface area contributed by atoms with E-state index in [1.807, 2.05) is 7.05 Å². The summed E-state index contributed by atoms with van der Waals surface area (Å²) in [5.74, 6) is 2.00. The Balaban J connectivity index is 1.67. The van der Waals surface area contributed by atoms with Crippen molar-refractivity contribution in [2.45, 2.75) is 56.4 Å². The summed E-state index contributed by atoms with van der Waals surface area (Å²) < 4.78 is 0. The highest BCUT2D eigenvalue weighted by Gasteiger charge is 2.53. The molecule has 1 saturated heterocycles. The van der Waals surface area contributed by atoms with Gasteiger partial charge in [0.15, 0.2) is 0 Å². The van der Waals surface area contributed by atoms with Gasteiger partial charge in [-0.3, -0.25) is 4.99 Å². The van der Waals surface area contributed by atoms with Gasteiger partial charge in [0.2, 0.25) is 0 Å². The first-order chi connectivity index (χ1) is 11.2. The van der Waals surface area contributed by atoms with Crippen molar-refractivity contribution >= 4 is 11.5 Å². The molecule has 2 heterocycles. The van der Waals surface area contributed by atoms with Gasteiger partial charge < -0.3 is 10.2 Å². The number of hydrogen-bond donors (Lipinski definition) is 1. The van der Waals surface area contributed by atoms with Crippen LogP contribution < -0.4 is 5.32 Å². The van der Waals surface area contributed by atoms with Crippen LogP contribution in [0.1, 0.15) is 48.8 Å². The second kappa shape index (κ2) is 4.83. The van der Waals surface area contributed by atoms with E-state index in [1.165, 1.54) is 56.3 Å². The topological polar surface area (TPSA) is 27.6 Å². The number of nitrogens with zero attached hydrogens (tertiary/aromatic N) is 2. The lowest BCUT2D eigenvalue weighted by Gasteiger charge is -2.58. The maximum atomic E-state index is 4.38. The van der Waals surface area contributed by atoms with Gasteiger partial charge in [-0.05, 0) is 68.0 Å². The molecular formula is C20H27N3. The third-order valence-corrected chi connectivity index (χ3v) is 7.24. The van der Waals surface area contributed by atoms with Crippen molar-refractivity contribution in [1.82, 2.24) is 4.90 Å². The summed E-state index contributed by atoms with van der Waals surface area (Å²) in [6.45, 7) is 1.27. The number of likely N-dealkylation sites (N-methyl/N-ethyl adjacent to an activating group) is 1. The standard InChI is InChI=1S/C20H27N3/c1-21-19-11-14-9-13-10-18-15-5-3-4-6-20(15,7-8-23(18)2)16(13)12-17(14)22-19/h9,12,15,18H,3-8,10-11H2,1-2H3,(H,21,22)/t15-,18+,20+/m0/s1. The molecule has 2 aliphatic heterocycles. The minimum Gasteiger partial charge on any atom is -0.344 e. The molecule has 3 atom stereocenters. The number of likely N-dealkylation sites (tertiary alicyclic amines) is 1. The molecule has 5 rings (SSSR count). The Bertz CT molecular complexity index is 692. The minimum atomic E-state index is 0.464. The van der Waals surface area contributed by atoms with Crippen LogP contribution in [0.4, 0.5) is 5.69 Å². The molecule has 0 radical (unpaired) electrons. The zero-order valence-corrected chi connectivity index (χ0v) is 14.4. The number of piperidine rings is 1. The van der Waals surface area contributed by atoms with E-state index >= 15 is 0 Å². The maximum Gasteiger partial charge on any atom is 0.105 e. The Labute approximate surface area is 139 Å². The molecule has 2 aliphatic carbocycles. The lowest BCUT2D eigenvalue weighted by molar-refractivity contribution is 0.00289. The molecule has 23 heavy (non-hydrogen) atoms. The summed E-state index contributed by atoms with van der Waals surface area (Å²) in [5, 5.41) is 3.55. The number of rotatable bonds is 0. The fourth-order valence-electron chi connectivity index (χ4n) is 6.08. The van der Waals surface area contributed by atoms with E-state index in [0.29, 0.717) is 5.41 Å². The molecule has 1 aromatic carbocycles. The van der Waals surface area contributed by atoms with E-state index in [9.17, 15) is 0 Å². The Kier molecular flexibility index (Phi) is 2.94. The number of benzene rings is 1. The first-order valence-electron chi connectivity index (χ1n) is 9.30. The summed E-state index contributed by atoms with van der Waals surface area (Å²) in [4.78, 5) is 7.04. The molecule has 122 valence electrons. The second-order valence-corrected chi connectivity index (χ2v) is 8.15. The van der Waals surface area contributed by atoms with Crippen LogP contribution >= 0.6 is 0 Å². The monoisotopic (exact) mass is 309 g/mol. The van der Waals surface area contributed by atoms with E-state index in [0.717, 1.165) is 24.2 Å². The van der Waals surface area contributed by atoms with Gasteiger partial charge in [-0.1, -0.05) is 18.9 Å². The molecule has 3 nitrogen and oxygen atoms in total. The molecule has 1 saturated carbocycles. The van der Waals surface area contributed by atoms with E-state index < -0.39 is 0 Å². The van der Waals surface area contributed by atoms with Crippen molar-refractivity contribution in [3.63, 3.8) is 0 Å². The van der Waals surface area contributed by atoms with E-state index in [4.69, 9.17) is 0 Å². The normalized spacial score (nSPS) is 37.0. The van der Waals surface area contributed by atoms with E-state index in [-0.39, 0.29) is 0 Å². The van der Waals surface area contributed by atoms with Crippen molar-refractivity contribution < 1.29 is 0 Å². The molecule has 1 N–H and O–H groups in total. The van der Waals surface area contributed by atoms with Crippen molar-refractivity contribution in [3.05, 3.63) is 28.8 Å². The predicted octanol–water partition coefficient (Wildman–Crippen LogP) is 3.37. The van der Waals surface area contributed by atoms with E-state index in [2.05, 4.69) is 34.4 Å². The first kappa shape index (κ1) is 14.0. The van der Waals surface area contributed by atoms with Gasteiger partial charge >= 0.3 is 0 Å². The zero-order valence-electron chi connectivity index (χ0n) is 14.4. The molecule has 2 fully saturated rings. The summed E-state index contributed by atoms with van der Waals surface area (Å²) in [6.07, 6.45) is 9.27. The van der Waals surface area contributed by atoms with Gasteiger partial charge in [-0.25, -0.2) is 0 Å². The lowest BCUT2D eigenvalue weighted by atomic mass is 9.52. The molecule has 0 spiro atoms. The van der Waals surface area contributed by atoms with Gasteiger partial charge in [-0.2, -0.15) is 0 Å². The zero-order chi connectivity index (χ0) is 15.6. The molecule has 2 bridgehead atoms. The summed E-state index contributed by atoms with van der Waals surface area (Å²) in [5.41, 5.74) is 6.58. The first-order valence-corrected chi connectivity index (χ1v) is 9.30. The molecule has 0 aromatic heterocycles. The minimum absolute atomic E-state index is 0.464. The van der Waals surface area contributed by atoms with Gasteiger partial charge in [0, 0.05) is 30.6 Å². The maximum absolute atomic E-state index is 4.38. The number of nitrogens with one attached hydrogen (secondary N) is 1. The highest BCUT2D eigenvalue weighted by molar-refractivity contribution is 6.03. The Hall–Kier alpha value is -1.35. The molecule has 0 amide bonds. The Morgan fingerprint density at radius 2 is 2.13 bits per heavy atom. The smallest absolute Gasteiger partial charge is 0.105 e. The lowest BCUT2D eigenvalue weighted by Crippen LogP contribution is -2.59. The van der Waals surface area contributed by atoms with Crippen LogP contribution in [0.5, 0.6) is 0 Å². The van der Waals surface area contributed by atoms with Crippen molar-refractivity contribution in [2.75, 3.05) is 26.0 Å². The predicted molar refractivity (Wildman–Crippen MR) is 95.5 cm³/mol. The Morgan fingerprint density at radius 3 is 3.00 bits per heavy atom. The third kappa shape index (κ3) is 1.83. The van der Waals surface area contributed by atoms with Gasteiger partial charge in [0.1, 0.15) is 5.84 Å². The van der Waals surface area contributed by atoms with Crippen LogP contribution in [0, 0.1) is 5.92 Å². The molecular weight excluding hydrogens is 282 g/mol. The van der Waals surface area contributed by atoms with Crippen LogP contribution in [0.3, 0.4) is 0 Å². The highest BCUT2D eigenvalue weighted by atomic mass is 15.2. The van der Waals surface area contributed by atoms with Gasteiger partial charge in [0.05, 0.1) is 0 Å². The van der Waals surface area contributed by atoms with Crippen molar-refractivity contribution in [3.8, 4) is 0 Å². The number of amidine groups is 1. The molecule has 0 unspecified atom stereocenters. The number of anilines is 1. The highest BCUT2D eigenvalue weighted by Crippen LogP contribution is 2.56. The van der Waals surface area contributed by atoms with Crippen LogP contribution in [-0.4, -0.2) is 37.4 Å². The average molecular weight is 309 g/mol. The number of hydrogen-bond acceptors (Lipinski definition) is 2. The van der Waals surface area contributed by atoms with E-state index in [1.54, 1.807) is 11.1 Å². The van der Waals surface area contributed by atoms with Crippen LogP contribution in [0.15, 0.2) is 17.1 Å². The molecule has 4 aliphatic rings. The van der Waals surface area contributed by atoms with Crippen LogP contribution in [-0.2, 0) is 18.3 Å². The second-order valence-electron chi connectivity index (χ2n) is 8.15. The third-order valence-electron chi connectivity index (χ3n) is 7.24. The van der Waals surface area contributed by atoms with Crippen LogP contribution in [0.25, 0.3) is 0 Å². The summed E-state index contributed by atoms with van der Waals surface area (Å²) in [6, 6.07) is 5.79. The fourth-order valence-corrected chi connectivity index (χ4v) is 6.08. The van der Waals surface area contributed by atoms with Gasteiger partial charge in [-0.15, -0.1) is 0 Å². The quantitative estimate of drug-likeness (QED) is 0.795. The van der Waals surface area contributed by atoms with Crippen LogP contribution in [0.2, 0.25) is 0 Å². The van der Waals surface area contributed by atoms with Crippen molar-refractivity contribution in [1.29, 1.82) is 0 Å². The fraction of sp³-hybridized carbons (Fsp3) is 0.650. The van der Waals surface area contributed by atoms with Crippen molar-refractivity contribution in [2.24, 2.45) is 10.9 Å².